The SMILES string of the molecule is CC(C)Nc1ncc(CN2CCC(c3ncc[nH]3)CC2)cn1. The fourth-order valence-corrected chi connectivity index (χ4v) is 2.89. The van der Waals surface area contributed by atoms with Gasteiger partial charge in [-0.15, -0.1) is 0 Å². The fourth-order valence-electron chi connectivity index (χ4n) is 2.89. The van der Waals surface area contributed by atoms with Gasteiger partial charge in [-0.1, -0.05) is 0 Å². The van der Waals surface area contributed by atoms with Gasteiger partial charge in [-0.3, -0.25) is 4.90 Å². The molecule has 2 N–H and O–H groups in total. The summed E-state index contributed by atoms with van der Waals surface area (Å²) in [4.78, 5) is 18.8. The van der Waals surface area contributed by atoms with E-state index in [1.165, 1.54) is 5.56 Å². The Morgan fingerprint density at radius 3 is 2.55 bits per heavy atom. The Bertz CT molecular complexity index is 555. The third-order valence-corrected chi connectivity index (χ3v) is 4.02. The second kappa shape index (κ2) is 6.87. The van der Waals surface area contributed by atoms with E-state index in [2.05, 4.69) is 44.0 Å². The van der Waals surface area contributed by atoms with Crippen molar-refractivity contribution in [3.8, 4) is 0 Å². The van der Waals surface area contributed by atoms with Crippen LogP contribution in [0.25, 0.3) is 0 Å². The van der Waals surface area contributed by atoms with Gasteiger partial charge in [-0.05, 0) is 39.8 Å². The summed E-state index contributed by atoms with van der Waals surface area (Å²) in [5, 5.41) is 3.21. The predicted octanol–water partition coefficient (Wildman–Crippen LogP) is 2.40. The molecule has 3 rings (SSSR count). The Hall–Kier alpha value is -1.95. The summed E-state index contributed by atoms with van der Waals surface area (Å²) in [6.45, 7) is 7.28. The Labute approximate surface area is 131 Å². The van der Waals surface area contributed by atoms with Crippen LogP contribution in [0.3, 0.4) is 0 Å². The molecule has 22 heavy (non-hydrogen) atoms. The molecule has 6 heteroatoms. The van der Waals surface area contributed by atoms with Crippen molar-refractivity contribution in [1.29, 1.82) is 0 Å². The van der Waals surface area contributed by atoms with E-state index < -0.39 is 0 Å². The molecule has 0 saturated carbocycles. The van der Waals surface area contributed by atoms with Gasteiger partial charge in [0.2, 0.25) is 5.95 Å². The third kappa shape index (κ3) is 3.82. The van der Waals surface area contributed by atoms with Crippen LogP contribution in [0.2, 0.25) is 0 Å². The standard InChI is InChI=1S/C16H24N6/c1-12(2)21-16-19-9-13(10-20-16)11-22-7-3-14(4-8-22)15-17-5-6-18-15/h5-6,9-10,12,14H,3-4,7-8,11H2,1-2H3,(H,17,18)(H,19,20,21). The van der Waals surface area contributed by atoms with Crippen LogP contribution < -0.4 is 5.32 Å². The van der Waals surface area contributed by atoms with Crippen LogP contribution in [0.15, 0.2) is 24.8 Å². The summed E-state index contributed by atoms with van der Waals surface area (Å²) < 4.78 is 0. The number of rotatable bonds is 5. The summed E-state index contributed by atoms with van der Waals surface area (Å²) in [5.74, 6) is 2.41. The first-order valence-corrected chi connectivity index (χ1v) is 8.00. The molecule has 3 heterocycles. The van der Waals surface area contributed by atoms with Crippen LogP contribution in [0, 0.1) is 0 Å². The molecular weight excluding hydrogens is 276 g/mol. The molecule has 2 aromatic heterocycles. The first kappa shape index (κ1) is 15.0. The molecule has 1 aliphatic rings. The first-order chi connectivity index (χ1) is 10.7. The Morgan fingerprint density at radius 1 is 1.23 bits per heavy atom. The Kier molecular flexibility index (Phi) is 4.68. The zero-order chi connectivity index (χ0) is 15.4. The quantitative estimate of drug-likeness (QED) is 0.887. The van der Waals surface area contributed by atoms with E-state index in [1.54, 1.807) is 0 Å². The van der Waals surface area contributed by atoms with Crippen molar-refractivity contribution in [1.82, 2.24) is 24.8 Å². The highest BCUT2D eigenvalue weighted by Gasteiger charge is 2.22. The minimum absolute atomic E-state index is 0.353. The van der Waals surface area contributed by atoms with Crippen molar-refractivity contribution in [3.05, 3.63) is 36.2 Å². The largest absolute Gasteiger partial charge is 0.352 e. The maximum atomic E-state index is 4.38. The number of hydrogen-bond donors (Lipinski definition) is 2. The number of piperidine rings is 1. The van der Waals surface area contributed by atoms with E-state index in [1.807, 2.05) is 24.8 Å². The number of nitrogens with zero attached hydrogens (tertiary/aromatic N) is 4. The van der Waals surface area contributed by atoms with Gasteiger partial charge in [0.25, 0.3) is 0 Å². The minimum atomic E-state index is 0.353. The monoisotopic (exact) mass is 300 g/mol. The molecule has 0 amide bonds. The lowest BCUT2D eigenvalue weighted by atomic mass is 9.96. The van der Waals surface area contributed by atoms with Gasteiger partial charge in [0.15, 0.2) is 0 Å². The van der Waals surface area contributed by atoms with Crippen molar-refractivity contribution in [2.75, 3.05) is 18.4 Å². The molecule has 0 atom stereocenters. The lowest BCUT2D eigenvalue weighted by Crippen LogP contribution is -2.32. The Balaban J connectivity index is 1.50. The summed E-state index contributed by atoms with van der Waals surface area (Å²) in [5.41, 5.74) is 1.17. The average Bonchev–Trinajstić information content (AvgIpc) is 3.04. The first-order valence-electron chi connectivity index (χ1n) is 8.00. The van der Waals surface area contributed by atoms with Crippen molar-refractivity contribution >= 4 is 5.95 Å². The smallest absolute Gasteiger partial charge is 0.222 e. The number of aromatic nitrogens is 4. The molecule has 0 spiro atoms. The van der Waals surface area contributed by atoms with Crippen molar-refractivity contribution < 1.29 is 0 Å². The van der Waals surface area contributed by atoms with Gasteiger partial charge in [0.1, 0.15) is 5.82 Å². The summed E-state index contributed by atoms with van der Waals surface area (Å²) >= 11 is 0. The zero-order valence-electron chi connectivity index (χ0n) is 13.3. The van der Waals surface area contributed by atoms with Crippen LogP contribution in [-0.2, 0) is 6.54 Å². The number of aromatic amines is 1. The van der Waals surface area contributed by atoms with Gasteiger partial charge >= 0.3 is 0 Å². The molecule has 0 aromatic carbocycles. The van der Waals surface area contributed by atoms with E-state index in [4.69, 9.17) is 0 Å². The second-order valence-corrected chi connectivity index (χ2v) is 6.24. The highest BCUT2D eigenvalue weighted by atomic mass is 15.1. The van der Waals surface area contributed by atoms with E-state index >= 15 is 0 Å². The van der Waals surface area contributed by atoms with E-state index in [-0.39, 0.29) is 0 Å². The summed E-state index contributed by atoms with van der Waals surface area (Å²) in [6, 6.07) is 0.353. The van der Waals surface area contributed by atoms with Gasteiger partial charge in [0, 0.05) is 48.9 Å². The molecule has 1 fully saturated rings. The van der Waals surface area contributed by atoms with Gasteiger partial charge in [0.05, 0.1) is 0 Å². The maximum absolute atomic E-state index is 4.38. The highest BCUT2D eigenvalue weighted by molar-refractivity contribution is 5.25. The number of nitrogens with one attached hydrogen (secondary N) is 2. The number of imidazole rings is 1. The normalized spacial score (nSPS) is 17.0. The lowest BCUT2D eigenvalue weighted by molar-refractivity contribution is 0.201. The molecule has 0 bridgehead atoms. The van der Waals surface area contributed by atoms with Gasteiger partial charge < -0.3 is 10.3 Å². The maximum Gasteiger partial charge on any atom is 0.222 e. The fraction of sp³-hybridized carbons (Fsp3) is 0.562. The minimum Gasteiger partial charge on any atom is -0.352 e. The Morgan fingerprint density at radius 2 is 1.95 bits per heavy atom. The van der Waals surface area contributed by atoms with E-state index in [9.17, 15) is 0 Å². The van der Waals surface area contributed by atoms with Crippen molar-refractivity contribution in [2.45, 2.75) is 45.2 Å². The van der Waals surface area contributed by atoms with Crippen molar-refractivity contribution in [3.63, 3.8) is 0 Å². The lowest BCUT2D eigenvalue weighted by Gasteiger charge is -2.30. The molecule has 1 aliphatic heterocycles. The summed E-state index contributed by atoms with van der Waals surface area (Å²) in [7, 11) is 0. The average molecular weight is 300 g/mol. The van der Waals surface area contributed by atoms with Crippen LogP contribution >= 0.6 is 0 Å². The highest BCUT2D eigenvalue weighted by Crippen LogP contribution is 2.25. The van der Waals surface area contributed by atoms with Crippen LogP contribution in [0.5, 0.6) is 0 Å². The predicted molar refractivity (Wildman–Crippen MR) is 86.6 cm³/mol. The molecule has 0 unspecified atom stereocenters. The third-order valence-electron chi connectivity index (χ3n) is 4.02. The molecule has 0 aliphatic carbocycles. The van der Waals surface area contributed by atoms with Crippen LogP contribution in [-0.4, -0.2) is 44.0 Å². The summed E-state index contributed by atoms with van der Waals surface area (Å²) in [6.07, 6.45) is 9.91. The van der Waals surface area contributed by atoms with E-state index in [0.29, 0.717) is 17.9 Å². The number of likely N-dealkylation sites (tertiary alicyclic amines) is 1. The topological polar surface area (TPSA) is 69.7 Å². The van der Waals surface area contributed by atoms with Gasteiger partial charge in [-0.25, -0.2) is 15.0 Å². The second-order valence-electron chi connectivity index (χ2n) is 6.24. The number of anilines is 1. The zero-order valence-corrected chi connectivity index (χ0v) is 13.3. The molecule has 0 radical (unpaired) electrons. The van der Waals surface area contributed by atoms with Gasteiger partial charge in [-0.2, -0.15) is 0 Å². The molecule has 1 saturated heterocycles. The molecular formula is C16H24N6. The van der Waals surface area contributed by atoms with E-state index in [0.717, 1.165) is 38.3 Å². The van der Waals surface area contributed by atoms with Crippen molar-refractivity contribution in [2.24, 2.45) is 0 Å². The number of H-pyrrole nitrogens is 1. The number of hydrogen-bond acceptors (Lipinski definition) is 5. The molecule has 118 valence electrons. The van der Waals surface area contributed by atoms with Crippen LogP contribution in [0.1, 0.15) is 44.0 Å². The van der Waals surface area contributed by atoms with Crippen LogP contribution in [0.4, 0.5) is 5.95 Å². The molecule has 2 aromatic rings. The molecule has 6 nitrogen and oxygen atoms in total.